The first-order valence-corrected chi connectivity index (χ1v) is 7.26. The minimum atomic E-state index is -3.74. The molecule has 2 rings (SSSR count). The molecular weight excluding hydrogens is 282 g/mol. The summed E-state index contributed by atoms with van der Waals surface area (Å²) >= 11 is 0. The van der Waals surface area contributed by atoms with Gasteiger partial charge in [-0.15, -0.1) is 0 Å². The lowest BCUT2D eigenvalue weighted by Gasteiger charge is -2.05. The van der Waals surface area contributed by atoms with E-state index in [2.05, 4.69) is 14.9 Å². The third-order valence-electron chi connectivity index (χ3n) is 2.53. The summed E-state index contributed by atoms with van der Waals surface area (Å²) in [5.74, 6) is 0.404. The van der Waals surface area contributed by atoms with Crippen LogP contribution in [0.3, 0.4) is 0 Å². The summed E-state index contributed by atoms with van der Waals surface area (Å²) in [7, 11) is -3.74. The van der Waals surface area contributed by atoms with Gasteiger partial charge in [-0.1, -0.05) is 17.3 Å². The van der Waals surface area contributed by atoms with E-state index in [4.69, 9.17) is 4.52 Å². The van der Waals surface area contributed by atoms with Gasteiger partial charge in [0.05, 0.1) is 11.4 Å². The topological polar surface area (TPSA) is 102 Å². The number of nitrogens with zero attached hydrogens (tertiary/aromatic N) is 2. The van der Waals surface area contributed by atoms with Gasteiger partial charge < -0.3 is 4.52 Å². The number of sulfonamides is 1. The van der Waals surface area contributed by atoms with Gasteiger partial charge in [-0.3, -0.25) is 4.79 Å². The maximum absolute atomic E-state index is 12.1. The van der Waals surface area contributed by atoms with Crippen LogP contribution in [-0.2, 0) is 16.6 Å². The summed E-state index contributed by atoms with van der Waals surface area (Å²) in [5, 5.41) is 3.56. The van der Waals surface area contributed by atoms with Crippen LogP contribution in [0.1, 0.15) is 29.0 Å². The van der Waals surface area contributed by atoms with Gasteiger partial charge in [0.25, 0.3) is 0 Å². The van der Waals surface area contributed by atoms with E-state index in [1.165, 1.54) is 25.1 Å². The second kappa shape index (κ2) is 5.51. The summed E-state index contributed by atoms with van der Waals surface area (Å²) in [6.45, 7) is 2.91. The average Bonchev–Trinajstić information content (AvgIpc) is 2.82. The first kappa shape index (κ1) is 14.4. The minimum Gasteiger partial charge on any atom is -0.338 e. The predicted octanol–water partition coefficient (Wildman–Crippen LogP) is 1.06. The number of hydrogen-bond acceptors (Lipinski definition) is 6. The molecule has 0 unspecified atom stereocenters. The Bertz CT molecular complexity index is 737. The molecule has 1 aromatic heterocycles. The molecule has 0 bridgehead atoms. The fourth-order valence-electron chi connectivity index (χ4n) is 1.53. The molecule has 7 nitrogen and oxygen atoms in total. The van der Waals surface area contributed by atoms with Crippen molar-refractivity contribution >= 4 is 15.8 Å². The lowest BCUT2D eigenvalue weighted by Crippen LogP contribution is -2.23. The van der Waals surface area contributed by atoms with Crippen LogP contribution in [0.2, 0.25) is 0 Å². The zero-order valence-corrected chi connectivity index (χ0v) is 11.8. The molecule has 106 valence electrons. The van der Waals surface area contributed by atoms with Crippen LogP contribution < -0.4 is 4.72 Å². The van der Waals surface area contributed by atoms with Crippen LogP contribution in [-0.4, -0.2) is 24.3 Å². The highest BCUT2D eigenvalue weighted by Gasteiger charge is 2.16. The van der Waals surface area contributed by atoms with Crippen molar-refractivity contribution in [1.29, 1.82) is 0 Å². The maximum Gasteiger partial charge on any atom is 0.241 e. The molecule has 1 heterocycles. The number of aromatic nitrogens is 2. The van der Waals surface area contributed by atoms with Gasteiger partial charge in [-0.25, -0.2) is 13.1 Å². The van der Waals surface area contributed by atoms with E-state index in [-0.39, 0.29) is 23.1 Å². The Morgan fingerprint density at radius 1 is 1.40 bits per heavy atom. The summed E-state index contributed by atoms with van der Waals surface area (Å²) in [6.07, 6.45) is 0. The van der Waals surface area contributed by atoms with E-state index in [1.54, 1.807) is 13.0 Å². The smallest absolute Gasteiger partial charge is 0.241 e. The molecule has 0 atom stereocenters. The zero-order chi connectivity index (χ0) is 14.8. The van der Waals surface area contributed by atoms with Crippen molar-refractivity contribution in [2.45, 2.75) is 25.3 Å². The standard InChI is InChI=1S/C12H13N3O4S/c1-8(16)10-4-3-5-11(6-10)20(17,18)13-7-12-14-9(2)15-19-12/h3-6,13H,7H2,1-2H3. The van der Waals surface area contributed by atoms with Gasteiger partial charge in [-0.05, 0) is 26.0 Å². The second-order valence-corrected chi connectivity index (χ2v) is 5.91. The highest BCUT2D eigenvalue weighted by Crippen LogP contribution is 2.12. The van der Waals surface area contributed by atoms with Crippen LogP contribution in [0, 0.1) is 6.92 Å². The number of aryl methyl sites for hydroxylation is 1. The molecule has 1 N–H and O–H groups in total. The molecule has 0 aliphatic rings. The molecule has 0 radical (unpaired) electrons. The second-order valence-electron chi connectivity index (χ2n) is 4.14. The van der Waals surface area contributed by atoms with Crippen LogP contribution >= 0.6 is 0 Å². The first-order valence-electron chi connectivity index (χ1n) is 5.78. The van der Waals surface area contributed by atoms with Crippen molar-refractivity contribution in [2.24, 2.45) is 0 Å². The number of rotatable bonds is 5. The number of hydrogen-bond donors (Lipinski definition) is 1. The Hall–Kier alpha value is -2.06. The third-order valence-corrected chi connectivity index (χ3v) is 3.93. The van der Waals surface area contributed by atoms with Gasteiger partial charge >= 0.3 is 0 Å². The average molecular weight is 295 g/mol. The quantitative estimate of drug-likeness (QED) is 0.827. The summed E-state index contributed by atoms with van der Waals surface area (Å²) < 4.78 is 31.3. The number of benzene rings is 1. The number of carbonyl (C=O) groups excluding carboxylic acids is 1. The zero-order valence-electron chi connectivity index (χ0n) is 11.0. The molecule has 0 saturated heterocycles. The van der Waals surface area contributed by atoms with E-state index >= 15 is 0 Å². The number of carbonyl (C=O) groups is 1. The highest BCUT2D eigenvalue weighted by atomic mass is 32.2. The Morgan fingerprint density at radius 2 is 2.15 bits per heavy atom. The van der Waals surface area contributed by atoms with Crippen molar-refractivity contribution in [3.8, 4) is 0 Å². The maximum atomic E-state index is 12.1. The van der Waals surface area contributed by atoms with Crippen molar-refractivity contribution < 1.29 is 17.7 Å². The number of ketones is 1. The fraction of sp³-hybridized carbons (Fsp3) is 0.250. The van der Waals surface area contributed by atoms with E-state index < -0.39 is 10.0 Å². The molecular formula is C12H13N3O4S. The van der Waals surface area contributed by atoms with Gasteiger partial charge in [-0.2, -0.15) is 4.98 Å². The molecule has 0 amide bonds. The lowest BCUT2D eigenvalue weighted by atomic mass is 10.2. The Morgan fingerprint density at radius 3 is 2.75 bits per heavy atom. The molecule has 0 fully saturated rings. The fourth-order valence-corrected chi connectivity index (χ4v) is 2.55. The SMILES string of the molecule is CC(=O)c1cccc(S(=O)(=O)NCc2nc(C)no2)c1. The Kier molecular flexibility index (Phi) is 3.96. The summed E-state index contributed by atoms with van der Waals surface area (Å²) in [6, 6.07) is 5.81. The predicted molar refractivity (Wildman–Crippen MR) is 69.5 cm³/mol. The van der Waals surface area contributed by atoms with Crippen LogP contribution in [0.5, 0.6) is 0 Å². The van der Waals surface area contributed by atoms with Crippen molar-refractivity contribution in [3.05, 3.63) is 41.5 Å². The molecule has 20 heavy (non-hydrogen) atoms. The molecule has 2 aromatic rings. The molecule has 8 heteroatoms. The van der Waals surface area contributed by atoms with Crippen molar-refractivity contribution in [3.63, 3.8) is 0 Å². The molecule has 0 spiro atoms. The summed E-state index contributed by atoms with van der Waals surface area (Å²) in [5.41, 5.74) is 0.335. The Balaban J connectivity index is 2.17. The van der Waals surface area contributed by atoms with Gasteiger partial charge in [0, 0.05) is 5.56 Å². The largest absolute Gasteiger partial charge is 0.338 e. The van der Waals surface area contributed by atoms with Crippen molar-refractivity contribution in [1.82, 2.24) is 14.9 Å². The first-order chi connectivity index (χ1) is 9.38. The third kappa shape index (κ3) is 3.28. The lowest BCUT2D eigenvalue weighted by molar-refractivity contribution is 0.101. The van der Waals surface area contributed by atoms with Crippen LogP contribution in [0.4, 0.5) is 0 Å². The summed E-state index contributed by atoms with van der Waals surface area (Å²) in [4.78, 5) is 15.2. The molecule has 0 aliphatic carbocycles. The van der Waals surface area contributed by atoms with E-state index in [9.17, 15) is 13.2 Å². The highest BCUT2D eigenvalue weighted by molar-refractivity contribution is 7.89. The molecule has 0 aliphatic heterocycles. The van der Waals surface area contributed by atoms with E-state index in [1.807, 2.05) is 0 Å². The minimum absolute atomic E-state index is 0.0152. The molecule has 0 saturated carbocycles. The number of nitrogens with one attached hydrogen (secondary N) is 1. The monoisotopic (exact) mass is 295 g/mol. The van der Waals surface area contributed by atoms with Crippen molar-refractivity contribution in [2.75, 3.05) is 0 Å². The van der Waals surface area contributed by atoms with E-state index in [0.717, 1.165) is 0 Å². The normalized spacial score (nSPS) is 11.5. The molecule has 1 aromatic carbocycles. The van der Waals surface area contributed by atoms with Gasteiger partial charge in [0.1, 0.15) is 0 Å². The number of Topliss-reactive ketones (excluding diaryl/α,β-unsaturated/α-hetero) is 1. The van der Waals surface area contributed by atoms with Gasteiger partial charge in [0.15, 0.2) is 11.6 Å². The van der Waals surface area contributed by atoms with Crippen LogP contribution in [0.25, 0.3) is 0 Å². The van der Waals surface area contributed by atoms with Crippen LogP contribution in [0.15, 0.2) is 33.7 Å². The van der Waals surface area contributed by atoms with Gasteiger partial charge in [0.2, 0.25) is 15.9 Å². The van der Waals surface area contributed by atoms with E-state index in [0.29, 0.717) is 11.4 Å². The Labute approximate surface area is 116 Å².